The van der Waals surface area contributed by atoms with Crippen molar-refractivity contribution >= 4 is 5.69 Å². The van der Waals surface area contributed by atoms with Crippen molar-refractivity contribution in [2.24, 2.45) is 0 Å². The van der Waals surface area contributed by atoms with Gasteiger partial charge in [0.05, 0.1) is 0 Å². The molecule has 0 amide bonds. The van der Waals surface area contributed by atoms with Crippen LogP contribution < -0.4 is 5.32 Å². The summed E-state index contributed by atoms with van der Waals surface area (Å²) in [6, 6.07) is 9.18. The van der Waals surface area contributed by atoms with E-state index in [2.05, 4.69) is 57.3 Å². The molecule has 0 fully saturated rings. The van der Waals surface area contributed by atoms with Crippen LogP contribution in [0.3, 0.4) is 0 Å². The fourth-order valence-electron chi connectivity index (χ4n) is 1.30. The largest absolute Gasteiger partial charge is 0.383 e. The Balaban J connectivity index is 0.00000169. The quantitative estimate of drug-likeness (QED) is 0.742. The van der Waals surface area contributed by atoms with Crippen molar-refractivity contribution in [3.8, 4) is 0 Å². The lowest BCUT2D eigenvalue weighted by Gasteiger charge is -2.11. The molecule has 0 radical (unpaired) electrons. The Labute approximate surface area is 82.7 Å². The van der Waals surface area contributed by atoms with Crippen molar-refractivity contribution in [1.29, 1.82) is 0 Å². The number of hydrogen-bond acceptors (Lipinski definition) is 1. The normalized spacial score (nSPS) is 10.9. The maximum absolute atomic E-state index is 3.37. The second-order valence-electron chi connectivity index (χ2n) is 4.08. The van der Waals surface area contributed by atoms with Crippen LogP contribution in [0, 0.1) is 0 Å². The molecule has 0 heterocycles. The molecule has 0 spiro atoms. The number of anilines is 1. The zero-order valence-corrected chi connectivity index (χ0v) is 8.96. The smallest absolute Gasteiger partial charge is 0.0342 e. The van der Waals surface area contributed by atoms with Crippen LogP contribution in [0.4, 0.5) is 5.69 Å². The summed E-state index contributed by atoms with van der Waals surface area (Å²) in [7, 11) is 0. The van der Waals surface area contributed by atoms with Gasteiger partial charge in [-0.3, -0.25) is 0 Å². The Bertz CT molecular complexity index is 252. The molecule has 0 aliphatic carbocycles. The van der Waals surface area contributed by atoms with Gasteiger partial charge in [-0.1, -0.05) is 26.0 Å². The molecule has 0 atom stereocenters. The highest BCUT2D eigenvalue weighted by Gasteiger charge is 1.98. The van der Waals surface area contributed by atoms with Gasteiger partial charge in [0.25, 0.3) is 0 Å². The minimum absolute atomic E-state index is 0. The predicted molar refractivity (Wildman–Crippen MR) is 61.4 cm³/mol. The highest BCUT2D eigenvalue weighted by molar-refractivity contribution is 5.45. The number of rotatable bonds is 3. The van der Waals surface area contributed by atoms with E-state index in [-0.39, 0.29) is 1.43 Å². The predicted octanol–water partition coefficient (Wildman–Crippen LogP) is 3.88. The van der Waals surface area contributed by atoms with E-state index in [0.717, 1.165) is 0 Å². The topological polar surface area (TPSA) is 12.0 Å². The Kier molecular flexibility index (Phi) is 3.35. The van der Waals surface area contributed by atoms with E-state index in [1.54, 1.807) is 0 Å². The van der Waals surface area contributed by atoms with Crippen LogP contribution in [0.25, 0.3) is 0 Å². The SMILES string of the molecule is CC(C)Nc1ccc(C(C)C)cc1.[HH]. The monoisotopic (exact) mass is 179 g/mol. The summed E-state index contributed by atoms with van der Waals surface area (Å²) in [6.07, 6.45) is 0. The van der Waals surface area contributed by atoms with Crippen molar-refractivity contribution in [3.63, 3.8) is 0 Å². The Hall–Kier alpha value is -0.980. The molecule has 74 valence electrons. The lowest BCUT2D eigenvalue weighted by molar-refractivity contribution is 0.864. The minimum Gasteiger partial charge on any atom is -0.383 e. The average molecular weight is 179 g/mol. The van der Waals surface area contributed by atoms with E-state index in [1.165, 1.54) is 11.3 Å². The zero-order valence-electron chi connectivity index (χ0n) is 8.96. The summed E-state index contributed by atoms with van der Waals surface area (Å²) >= 11 is 0. The molecule has 0 aliphatic heterocycles. The third-order valence-electron chi connectivity index (χ3n) is 2.03. The molecular weight excluding hydrogens is 158 g/mol. The average Bonchev–Trinajstić information content (AvgIpc) is 2.04. The van der Waals surface area contributed by atoms with Crippen LogP contribution in [0.15, 0.2) is 24.3 Å². The summed E-state index contributed by atoms with van der Waals surface area (Å²) in [5, 5.41) is 3.37. The van der Waals surface area contributed by atoms with Gasteiger partial charge < -0.3 is 5.32 Å². The van der Waals surface area contributed by atoms with E-state index >= 15 is 0 Å². The number of benzene rings is 1. The second-order valence-corrected chi connectivity index (χ2v) is 4.08. The van der Waals surface area contributed by atoms with Gasteiger partial charge in [-0.2, -0.15) is 0 Å². The first-order valence-electron chi connectivity index (χ1n) is 4.96. The highest BCUT2D eigenvalue weighted by atomic mass is 14.9. The third kappa shape index (κ3) is 3.10. The van der Waals surface area contributed by atoms with Crippen molar-refractivity contribution < 1.29 is 1.43 Å². The molecule has 1 rings (SSSR count). The summed E-state index contributed by atoms with van der Waals surface area (Å²) in [6.45, 7) is 8.72. The summed E-state index contributed by atoms with van der Waals surface area (Å²) in [5.41, 5.74) is 2.61. The van der Waals surface area contributed by atoms with Crippen LogP contribution in [-0.4, -0.2) is 6.04 Å². The molecule has 0 aromatic heterocycles. The molecule has 1 heteroatoms. The molecule has 0 saturated carbocycles. The molecule has 1 N–H and O–H groups in total. The summed E-state index contributed by atoms with van der Waals surface area (Å²) in [4.78, 5) is 0. The van der Waals surface area contributed by atoms with Crippen molar-refractivity contribution in [1.82, 2.24) is 0 Å². The third-order valence-corrected chi connectivity index (χ3v) is 2.03. The van der Waals surface area contributed by atoms with Gasteiger partial charge in [-0.25, -0.2) is 0 Å². The standard InChI is InChI=1S/C12H19N.H2/c1-9(2)11-5-7-12(8-6-11)13-10(3)4;/h5-10,13H,1-4H3;1H. The molecule has 1 nitrogen and oxygen atoms in total. The molecule has 0 bridgehead atoms. The van der Waals surface area contributed by atoms with Crippen LogP contribution in [-0.2, 0) is 0 Å². The van der Waals surface area contributed by atoms with Gasteiger partial charge >= 0.3 is 0 Å². The van der Waals surface area contributed by atoms with E-state index in [1.807, 2.05) is 0 Å². The first-order valence-corrected chi connectivity index (χ1v) is 4.96. The lowest BCUT2D eigenvalue weighted by Crippen LogP contribution is -2.09. The lowest BCUT2D eigenvalue weighted by atomic mass is 10.0. The first kappa shape index (κ1) is 10.1. The van der Waals surface area contributed by atoms with E-state index in [4.69, 9.17) is 0 Å². The van der Waals surface area contributed by atoms with Gasteiger partial charge in [-0.05, 0) is 37.5 Å². The molecule has 1 aromatic rings. The zero-order chi connectivity index (χ0) is 9.84. The molecule has 13 heavy (non-hydrogen) atoms. The van der Waals surface area contributed by atoms with E-state index < -0.39 is 0 Å². The van der Waals surface area contributed by atoms with Crippen LogP contribution in [0.1, 0.15) is 40.6 Å². The van der Waals surface area contributed by atoms with Gasteiger partial charge in [0.15, 0.2) is 0 Å². The van der Waals surface area contributed by atoms with Crippen molar-refractivity contribution in [2.75, 3.05) is 5.32 Å². The fraction of sp³-hybridized carbons (Fsp3) is 0.500. The first-order chi connectivity index (χ1) is 6.09. The minimum atomic E-state index is 0. The maximum Gasteiger partial charge on any atom is 0.0342 e. The molecule has 0 aliphatic rings. The maximum atomic E-state index is 3.37. The number of nitrogens with one attached hydrogen (secondary N) is 1. The molecule has 0 unspecified atom stereocenters. The van der Waals surface area contributed by atoms with Crippen LogP contribution in [0.5, 0.6) is 0 Å². The van der Waals surface area contributed by atoms with Crippen molar-refractivity contribution in [3.05, 3.63) is 29.8 Å². The van der Waals surface area contributed by atoms with Crippen LogP contribution >= 0.6 is 0 Å². The van der Waals surface area contributed by atoms with E-state index in [9.17, 15) is 0 Å². The van der Waals surface area contributed by atoms with E-state index in [0.29, 0.717) is 12.0 Å². The summed E-state index contributed by atoms with van der Waals surface area (Å²) in [5.74, 6) is 0.619. The van der Waals surface area contributed by atoms with Gasteiger partial charge in [0.2, 0.25) is 0 Å². The highest BCUT2D eigenvalue weighted by Crippen LogP contribution is 2.17. The molecule has 1 aromatic carbocycles. The Morgan fingerprint density at radius 3 is 1.92 bits per heavy atom. The molecule has 0 saturated heterocycles. The van der Waals surface area contributed by atoms with Gasteiger partial charge in [0, 0.05) is 13.2 Å². The van der Waals surface area contributed by atoms with Gasteiger partial charge in [0.1, 0.15) is 0 Å². The van der Waals surface area contributed by atoms with Crippen LogP contribution in [0.2, 0.25) is 0 Å². The fourth-order valence-corrected chi connectivity index (χ4v) is 1.30. The Morgan fingerprint density at radius 2 is 1.54 bits per heavy atom. The van der Waals surface area contributed by atoms with Gasteiger partial charge in [-0.15, -0.1) is 0 Å². The molecular formula is C12H21N. The van der Waals surface area contributed by atoms with Crippen molar-refractivity contribution in [2.45, 2.75) is 39.7 Å². The number of hydrogen-bond donors (Lipinski definition) is 1. The Morgan fingerprint density at radius 1 is 1.00 bits per heavy atom. The second kappa shape index (κ2) is 4.31. The summed E-state index contributed by atoms with van der Waals surface area (Å²) < 4.78 is 0.